The van der Waals surface area contributed by atoms with Crippen LogP contribution in [-0.2, 0) is 17.3 Å². The maximum Gasteiger partial charge on any atom is 0.408 e. The average molecular weight is 381 g/mol. The van der Waals surface area contributed by atoms with Crippen molar-refractivity contribution in [1.29, 1.82) is 0 Å². The minimum atomic E-state index is -2.86. The molecule has 27 heavy (non-hydrogen) atoms. The molecule has 1 aliphatic rings. The van der Waals surface area contributed by atoms with Crippen LogP contribution in [0.3, 0.4) is 0 Å². The van der Waals surface area contributed by atoms with Crippen LogP contribution in [0.25, 0.3) is 11.3 Å². The van der Waals surface area contributed by atoms with Crippen molar-refractivity contribution in [2.24, 2.45) is 7.05 Å². The Labute approximate surface area is 155 Å². The van der Waals surface area contributed by atoms with Gasteiger partial charge in [0.1, 0.15) is 11.3 Å². The maximum absolute atomic E-state index is 13.9. The summed E-state index contributed by atoms with van der Waals surface area (Å²) in [6.07, 6.45) is -0.668. The molecule has 8 heteroatoms. The van der Waals surface area contributed by atoms with Crippen molar-refractivity contribution in [3.8, 4) is 11.3 Å². The van der Waals surface area contributed by atoms with E-state index in [1.807, 2.05) is 0 Å². The molecule has 1 heterocycles. The van der Waals surface area contributed by atoms with Gasteiger partial charge in [0.15, 0.2) is 5.82 Å². The zero-order valence-electron chi connectivity index (χ0n) is 15.6. The van der Waals surface area contributed by atoms with Crippen LogP contribution < -0.4 is 5.32 Å². The number of alkyl carbamates (subject to hydrolysis) is 1. The van der Waals surface area contributed by atoms with Crippen molar-refractivity contribution >= 4 is 6.09 Å². The van der Waals surface area contributed by atoms with Crippen LogP contribution in [0.1, 0.15) is 39.2 Å². The predicted molar refractivity (Wildman–Crippen MR) is 93.8 cm³/mol. The van der Waals surface area contributed by atoms with E-state index < -0.39 is 41.8 Å². The molecular weight excluding hydrogens is 359 g/mol. The maximum atomic E-state index is 13.9. The van der Waals surface area contributed by atoms with E-state index in [4.69, 9.17) is 4.74 Å². The van der Waals surface area contributed by atoms with Gasteiger partial charge in [-0.2, -0.15) is 5.10 Å². The Morgan fingerprint density at radius 1 is 1.22 bits per heavy atom. The van der Waals surface area contributed by atoms with Gasteiger partial charge < -0.3 is 10.1 Å². The Kier molecular flexibility index (Phi) is 4.48. The standard InChI is InChI=1S/C19H22F3N3O2/c1-17(2,3)27-16(26)24-18(10-19(21,22)11-18)13-7-5-12(6-8-13)15-14(20)9-23-25(15)4/h5-9H,10-11H2,1-4H3,(H,24,26). The Morgan fingerprint density at radius 2 is 1.81 bits per heavy atom. The largest absolute Gasteiger partial charge is 0.444 e. The molecule has 1 fully saturated rings. The number of nitrogens with one attached hydrogen (secondary N) is 1. The molecule has 0 saturated heterocycles. The summed E-state index contributed by atoms with van der Waals surface area (Å²) in [6.45, 7) is 5.10. The summed E-state index contributed by atoms with van der Waals surface area (Å²) in [5.41, 5.74) is -0.566. The monoisotopic (exact) mass is 381 g/mol. The molecule has 0 radical (unpaired) electrons. The van der Waals surface area contributed by atoms with Crippen LogP contribution >= 0.6 is 0 Å². The van der Waals surface area contributed by atoms with Gasteiger partial charge in [-0.1, -0.05) is 24.3 Å². The topological polar surface area (TPSA) is 56.2 Å². The first kappa shape index (κ1) is 19.3. The number of alkyl halides is 2. The fourth-order valence-electron chi connectivity index (χ4n) is 3.38. The van der Waals surface area contributed by atoms with Gasteiger partial charge in [0.05, 0.1) is 11.7 Å². The number of aryl methyl sites for hydroxylation is 1. The number of rotatable bonds is 3. The second-order valence-corrected chi connectivity index (χ2v) is 7.96. The second kappa shape index (κ2) is 6.28. The lowest BCUT2D eigenvalue weighted by atomic mass is 9.69. The number of hydrogen-bond donors (Lipinski definition) is 1. The number of carbonyl (C=O) groups is 1. The van der Waals surface area contributed by atoms with E-state index in [0.29, 0.717) is 16.8 Å². The van der Waals surface area contributed by atoms with E-state index in [0.717, 1.165) is 6.20 Å². The van der Waals surface area contributed by atoms with Gasteiger partial charge in [-0.3, -0.25) is 4.68 Å². The highest BCUT2D eigenvalue weighted by Gasteiger charge is 2.58. The van der Waals surface area contributed by atoms with E-state index in [2.05, 4.69) is 10.4 Å². The SMILES string of the molecule is Cn1ncc(F)c1-c1ccc(C2(NC(=O)OC(C)(C)C)CC(F)(F)C2)cc1. The zero-order valence-corrected chi connectivity index (χ0v) is 15.6. The summed E-state index contributed by atoms with van der Waals surface area (Å²) in [7, 11) is 1.62. The number of benzene rings is 1. The molecule has 0 spiro atoms. The number of ether oxygens (including phenoxy) is 1. The summed E-state index contributed by atoms with van der Waals surface area (Å²) in [5, 5.41) is 6.46. The van der Waals surface area contributed by atoms with Crippen molar-refractivity contribution in [2.75, 3.05) is 0 Å². The molecule has 0 bridgehead atoms. The third-order valence-electron chi connectivity index (χ3n) is 4.47. The first-order valence-corrected chi connectivity index (χ1v) is 8.58. The van der Waals surface area contributed by atoms with Crippen LogP contribution in [0.15, 0.2) is 30.5 Å². The highest BCUT2D eigenvalue weighted by Crippen LogP contribution is 2.52. The Morgan fingerprint density at radius 3 is 2.26 bits per heavy atom. The second-order valence-electron chi connectivity index (χ2n) is 7.96. The summed E-state index contributed by atoms with van der Waals surface area (Å²) in [5.74, 6) is -3.33. The molecule has 0 aliphatic heterocycles. The molecule has 1 saturated carbocycles. The highest BCUT2D eigenvalue weighted by atomic mass is 19.3. The van der Waals surface area contributed by atoms with E-state index in [-0.39, 0.29) is 0 Å². The van der Waals surface area contributed by atoms with Gasteiger partial charge in [0, 0.05) is 25.5 Å². The summed E-state index contributed by atoms with van der Waals surface area (Å²) >= 11 is 0. The molecule has 1 aliphatic carbocycles. The molecular formula is C19H22F3N3O2. The molecule has 0 atom stereocenters. The lowest BCUT2D eigenvalue weighted by Gasteiger charge is -2.48. The first-order valence-electron chi connectivity index (χ1n) is 8.58. The molecule has 1 amide bonds. The van der Waals surface area contributed by atoms with Gasteiger partial charge in [-0.25, -0.2) is 18.0 Å². The fraction of sp³-hybridized carbons (Fsp3) is 0.474. The number of amides is 1. The van der Waals surface area contributed by atoms with Gasteiger partial charge in [-0.05, 0) is 26.3 Å². The number of hydrogen-bond acceptors (Lipinski definition) is 3. The summed E-state index contributed by atoms with van der Waals surface area (Å²) in [4.78, 5) is 12.2. The average Bonchev–Trinajstić information content (AvgIpc) is 2.82. The smallest absolute Gasteiger partial charge is 0.408 e. The molecule has 146 valence electrons. The molecule has 1 N–H and O–H groups in total. The Hall–Kier alpha value is -2.51. The molecule has 1 aromatic heterocycles. The quantitative estimate of drug-likeness (QED) is 0.859. The zero-order chi connectivity index (χ0) is 20.0. The lowest BCUT2D eigenvalue weighted by Crippen LogP contribution is -2.60. The van der Waals surface area contributed by atoms with Gasteiger partial charge in [-0.15, -0.1) is 0 Å². The van der Waals surface area contributed by atoms with E-state index in [9.17, 15) is 18.0 Å². The minimum absolute atomic E-state index is 0.301. The molecule has 5 nitrogen and oxygen atoms in total. The van der Waals surface area contributed by atoms with Crippen molar-refractivity contribution in [2.45, 2.75) is 50.7 Å². The van der Waals surface area contributed by atoms with Crippen LogP contribution in [0.4, 0.5) is 18.0 Å². The van der Waals surface area contributed by atoms with E-state index in [1.165, 1.54) is 4.68 Å². The van der Waals surface area contributed by atoms with Crippen molar-refractivity contribution in [3.63, 3.8) is 0 Å². The van der Waals surface area contributed by atoms with Crippen molar-refractivity contribution < 1.29 is 22.7 Å². The van der Waals surface area contributed by atoms with Gasteiger partial charge >= 0.3 is 6.09 Å². The molecule has 3 rings (SSSR count). The number of nitrogens with zero attached hydrogens (tertiary/aromatic N) is 2. The third-order valence-corrected chi connectivity index (χ3v) is 4.47. The minimum Gasteiger partial charge on any atom is -0.444 e. The van der Waals surface area contributed by atoms with Crippen LogP contribution in [0.5, 0.6) is 0 Å². The van der Waals surface area contributed by atoms with Crippen molar-refractivity contribution in [1.82, 2.24) is 15.1 Å². The Balaban J connectivity index is 1.87. The van der Waals surface area contributed by atoms with Crippen LogP contribution in [0, 0.1) is 5.82 Å². The predicted octanol–water partition coefficient (Wildman–Crippen LogP) is 4.38. The van der Waals surface area contributed by atoms with Gasteiger partial charge in [0.25, 0.3) is 5.92 Å². The van der Waals surface area contributed by atoms with E-state index >= 15 is 0 Å². The van der Waals surface area contributed by atoms with Gasteiger partial charge in [0.2, 0.25) is 0 Å². The van der Waals surface area contributed by atoms with Crippen molar-refractivity contribution in [3.05, 3.63) is 41.8 Å². The van der Waals surface area contributed by atoms with Crippen LogP contribution in [0.2, 0.25) is 0 Å². The fourth-order valence-corrected chi connectivity index (χ4v) is 3.38. The molecule has 0 unspecified atom stereocenters. The molecule has 2 aromatic rings. The summed E-state index contributed by atoms with van der Waals surface area (Å²) in [6, 6.07) is 6.50. The number of halogens is 3. The molecule has 1 aromatic carbocycles. The van der Waals surface area contributed by atoms with E-state index in [1.54, 1.807) is 52.1 Å². The highest BCUT2D eigenvalue weighted by molar-refractivity contribution is 5.70. The lowest BCUT2D eigenvalue weighted by molar-refractivity contribution is -0.136. The summed E-state index contributed by atoms with van der Waals surface area (Å²) < 4.78 is 47.8. The van der Waals surface area contributed by atoms with Crippen LogP contribution in [-0.4, -0.2) is 27.4 Å². The number of carbonyl (C=O) groups excluding carboxylic acids is 1. The Bertz CT molecular complexity index is 827. The normalized spacial score (nSPS) is 17.9. The third kappa shape index (κ3) is 3.94. The first-order chi connectivity index (χ1) is 12.4. The number of aromatic nitrogens is 2.